The minimum atomic E-state index is -0.467. The van der Waals surface area contributed by atoms with E-state index in [9.17, 15) is 0 Å². The molecular weight excluding hydrogens is 352 g/mol. The molecule has 1 aliphatic heterocycles. The molecule has 1 aromatic carbocycles. The van der Waals surface area contributed by atoms with E-state index in [-0.39, 0.29) is 6.04 Å². The highest BCUT2D eigenvalue weighted by molar-refractivity contribution is 14.1. The van der Waals surface area contributed by atoms with Crippen molar-refractivity contribution < 1.29 is 9.47 Å². The SMILES string of the molecule is CC1(C)OCC(Nc2ccc(Cl)cc2I)CO1. The second-order valence-electron chi connectivity index (χ2n) is 4.49. The Hall–Kier alpha value is -0.0400. The normalized spacial score (nSPS) is 20.2. The van der Waals surface area contributed by atoms with E-state index in [2.05, 4.69) is 27.9 Å². The van der Waals surface area contributed by atoms with Crippen molar-refractivity contribution in [2.24, 2.45) is 0 Å². The van der Waals surface area contributed by atoms with E-state index in [1.807, 2.05) is 32.0 Å². The third-order valence-electron chi connectivity index (χ3n) is 2.55. The molecule has 0 atom stereocenters. The minimum absolute atomic E-state index is 0.178. The summed E-state index contributed by atoms with van der Waals surface area (Å²) >= 11 is 8.18. The predicted molar refractivity (Wildman–Crippen MR) is 77.6 cm³/mol. The van der Waals surface area contributed by atoms with Crippen LogP contribution in [0, 0.1) is 3.57 Å². The third kappa shape index (κ3) is 3.71. The van der Waals surface area contributed by atoms with E-state index in [1.165, 1.54) is 0 Å². The molecule has 0 aliphatic carbocycles. The van der Waals surface area contributed by atoms with Crippen LogP contribution < -0.4 is 5.32 Å². The van der Waals surface area contributed by atoms with Gasteiger partial charge >= 0.3 is 0 Å². The molecule has 17 heavy (non-hydrogen) atoms. The molecule has 0 aromatic heterocycles. The largest absolute Gasteiger partial charge is 0.377 e. The van der Waals surface area contributed by atoms with Crippen molar-refractivity contribution in [1.29, 1.82) is 0 Å². The molecule has 0 spiro atoms. The van der Waals surface area contributed by atoms with Crippen LogP contribution in [0.25, 0.3) is 0 Å². The van der Waals surface area contributed by atoms with E-state index < -0.39 is 5.79 Å². The third-order valence-corrected chi connectivity index (χ3v) is 3.68. The average molecular weight is 368 g/mol. The van der Waals surface area contributed by atoms with E-state index in [0.29, 0.717) is 13.2 Å². The van der Waals surface area contributed by atoms with Gasteiger partial charge in [0.2, 0.25) is 0 Å². The molecule has 1 heterocycles. The summed E-state index contributed by atoms with van der Waals surface area (Å²) in [6.45, 7) is 5.14. The highest BCUT2D eigenvalue weighted by Crippen LogP contribution is 2.25. The summed E-state index contributed by atoms with van der Waals surface area (Å²) in [4.78, 5) is 0. The maximum atomic E-state index is 5.92. The summed E-state index contributed by atoms with van der Waals surface area (Å²) in [7, 11) is 0. The summed E-state index contributed by atoms with van der Waals surface area (Å²) in [5.74, 6) is -0.467. The summed E-state index contributed by atoms with van der Waals surface area (Å²) in [6, 6.07) is 5.96. The first-order valence-electron chi connectivity index (χ1n) is 5.46. The van der Waals surface area contributed by atoms with Gasteiger partial charge in [0.05, 0.1) is 19.3 Å². The molecule has 1 N–H and O–H groups in total. The molecule has 0 unspecified atom stereocenters. The van der Waals surface area contributed by atoms with E-state index in [0.717, 1.165) is 14.3 Å². The van der Waals surface area contributed by atoms with Gasteiger partial charge in [-0.2, -0.15) is 0 Å². The first kappa shape index (κ1) is 13.4. The predicted octanol–water partition coefficient (Wildman–Crippen LogP) is 3.51. The fourth-order valence-corrected chi connectivity index (χ4v) is 2.63. The Kier molecular flexibility index (Phi) is 4.18. The first-order chi connectivity index (χ1) is 7.96. The Bertz CT molecular complexity index is 401. The fourth-order valence-electron chi connectivity index (χ4n) is 1.60. The number of benzene rings is 1. The quantitative estimate of drug-likeness (QED) is 0.812. The zero-order chi connectivity index (χ0) is 12.5. The molecule has 2 rings (SSSR count). The Morgan fingerprint density at radius 1 is 1.35 bits per heavy atom. The van der Waals surface area contributed by atoms with Gasteiger partial charge in [0.25, 0.3) is 0 Å². The zero-order valence-electron chi connectivity index (χ0n) is 9.80. The van der Waals surface area contributed by atoms with E-state index in [4.69, 9.17) is 21.1 Å². The number of nitrogens with one attached hydrogen (secondary N) is 1. The molecule has 0 radical (unpaired) electrons. The minimum Gasteiger partial charge on any atom is -0.377 e. The number of halogens is 2. The van der Waals surface area contributed by atoms with Crippen molar-refractivity contribution >= 4 is 39.9 Å². The maximum Gasteiger partial charge on any atom is 0.162 e. The van der Waals surface area contributed by atoms with E-state index in [1.54, 1.807) is 0 Å². The maximum absolute atomic E-state index is 5.92. The molecular formula is C12H15ClINO2. The average Bonchev–Trinajstić information content (AvgIpc) is 2.25. The number of ether oxygens (including phenoxy) is 2. The van der Waals surface area contributed by atoms with Crippen LogP contribution in [0.5, 0.6) is 0 Å². The topological polar surface area (TPSA) is 30.5 Å². The summed E-state index contributed by atoms with van der Waals surface area (Å²) < 4.78 is 12.3. The standard InChI is InChI=1S/C12H15ClINO2/c1-12(2)16-6-9(7-17-12)15-11-4-3-8(13)5-10(11)14/h3-5,9,15H,6-7H2,1-2H3. The van der Waals surface area contributed by atoms with Crippen molar-refractivity contribution in [3.63, 3.8) is 0 Å². The van der Waals surface area contributed by atoms with Crippen LogP contribution in [0.2, 0.25) is 5.02 Å². The highest BCUT2D eigenvalue weighted by atomic mass is 127. The van der Waals surface area contributed by atoms with Crippen molar-refractivity contribution in [3.8, 4) is 0 Å². The van der Waals surface area contributed by atoms with Crippen molar-refractivity contribution in [3.05, 3.63) is 26.8 Å². The number of hydrogen-bond acceptors (Lipinski definition) is 3. The van der Waals surface area contributed by atoms with Crippen LogP contribution in [0.4, 0.5) is 5.69 Å². The van der Waals surface area contributed by atoms with E-state index >= 15 is 0 Å². The van der Waals surface area contributed by atoms with Gasteiger partial charge in [0, 0.05) is 14.3 Å². The van der Waals surface area contributed by atoms with Gasteiger partial charge in [0.1, 0.15) is 0 Å². The van der Waals surface area contributed by atoms with Crippen LogP contribution in [0.15, 0.2) is 18.2 Å². The van der Waals surface area contributed by atoms with Crippen LogP contribution >= 0.6 is 34.2 Å². The monoisotopic (exact) mass is 367 g/mol. The molecule has 1 aliphatic rings. The van der Waals surface area contributed by atoms with Gasteiger partial charge in [0.15, 0.2) is 5.79 Å². The molecule has 0 saturated carbocycles. The zero-order valence-corrected chi connectivity index (χ0v) is 12.7. The molecule has 1 fully saturated rings. The highest BCUT2D eigenvalue weighted by Gasteiger charge is 2.28. The van der Waals surface area contributed by atoms with Crippen molar-refractivity contribution in [2.75, 3.05) is 18.5 Å². The molecule has 1 aromatic rings. The Morgan fingerprint density at radius 2 is 2.00 bits per heavy atom. The molecule has 94 valence electrons. The molecule has 5 heteroatoms. The summed E-state index contributed by atoms with van der Waals surface area (Å²) in [5, 5.41) is 4.15. The first-order valence-corrected chi connectivity index (χ1v) is 6.91. The second-order valence-corrected chi connectivity index (χ2v) is 6.09. The summed E-state index contributed by atoms with van der Waals surface area (Å²) in [6.07, 6.45) is 0. The van der Waals surface area contributed by atoms with Crippen LogP contribution in [0.3, 0.4) is 0 Å². The lowest BCUT2D eigenvalue weighted by Crippen LogP contribution is -2.45. The molecule has 3 nitrogen and oxygen atoms in total. The molecule has 0 amide bonds. The number of anilines is 1. The van der Waals surface area contributed by atoms with Crippen molar-refractivity contribution in [2.45, 2.75) is 25.7 Å². The Labute approximate surface area is 120 Å². The number of rotatable bonds is 2. The lowest BCUT2D eigenvalue weighted by atomic mass is 10.2. The lowest BCUT2D eigenvalue weighted by Gasteiger charge is -2.35. The van der Waals surface area contributed by atoms with Crippen LogP contribution in [-0.2, 0) is 9.47 Å². The smallest absolute Gasteiger partial charge is 0.162 e. The van der Waals surface area contributed by atoms with Gasteiger partial charge < -0.3 is 14.8 Å². The number of hydrogen-bond donors (Lipinski definition) is 1. The van der Waals surface area contributed by atoms with Crippen LogP contribution in [-0.4, -0.2) is 25.0 Å². The van der Waals surface area contributed by atoms with Crippen molar-refractivity contribution in [1.82, 2.24) is 0 Å². The lowest BCUT2D eigenvalue weighted by molar-refractivity contribution is -0.247. The fraction of sp³-hybridized carbons (Fsp3) is 0.500. The van der Waals surface area contributed by atoms with Gasteiger partial charge in [-0.25, -0.2) is 0 Å². The van der Waals surface area contributed by atoms with Gasteiger partial charge in [-0.3, -0.25) is 0 Å². The second kappa shape index (κ2) is 5.30. The molecule has 1 saturated heterocycles. The Morgan fingerprint density at radius 3 is 2.59 bits per heavy atom. The van der Waals surface area contributed by atoms with Gasteiger partial charge in [-0.15, -0.1) is 0 Å². The van der Waals surface area contributed by atoms with Gasteiger partial charge in [-0.1, -0.05) is 11.6 Å². The van der Waals surface area contributed by atoms with Crippen LogP contribution in [0.1, 0.15) is 13.8 Å². The van der Waals surface area contributed by atoms with Gasteiger partial charge in [-0.05, 0) is 54.6 Å². The molecule has 0 bridgehead atoms. The summed E-state index contributed by atoms with van der Waals surface area (Å²) in [5.41, 5.74) is 1.06. The Balaban J connectivity index is 1.98.